The van der Waals surface area contributed by atoms with E-state index in [9.17, 15) is 9.90 Å². The maximum Gasteiger partial charge on any atom is 0.337 e. The molecular weight excluding hydrogens is 246 g/mol. The summed E-state index contributed by atoms with van der Waals surface area (Å²) in [6.45, 7) is 0.391. The molecule has 0 atom stereocenters. The molecule has 0 spiro atoms. The molecule has 96 valence electrons. The summed E-state index contributed by atoms with van der Waals surface area (Å²) >= 11 is 0. The Hall–Kier alpha value is -2.70. The maximum atomic E-state index is 11.3. The topological polar surface area (TPSA) is 85.8 Å². The lowest BCUT2D eigenvalue weighted by Crippen LogP contribution is -2.05. The van der Waals surface area contributed by atoms with Gasteiger partial charge in [0.05, 0.1) is 24.7 Å². The van der Waals surface area contributed by atoms with Crippen LogP contribution in [-0.4, -0.2) is 35.9 Å². The largest absolute Gasteiger partial charge is 0.478 e. The molecule has 19 heavy (non-hydrogen) atoms. The number of rotatable bonds is 3. The highest BCUT2D eigenvalue weighted by molar-refractivity contribution is 6.02. The monoisotopic (exact) mass is 257 g/mol. The Balaban J connectivity index is 2.11. The average Bonchev–Trinajstić information content (AvgIpc) is 2.97. The predicted octanol–water partition coefficient (Wildman–Crippen LogP) is 0.911. The molecule has 3 aromatic rings. The number of benzene rings is 1. The number of nitrogens with zero attached hydrogens (tertiary/aromatic N) is 5. The van der Waals surface area contributed by atoms with E-state index in [4.69, 9.17) is 0 Å². The van der Waals surface area contributed by atoms with Gasteiger partial charge >= 0.3 is 5.97 Å². The summed E-state index contributed by atoms with van der Waals surface area (Å²) in [4.78, 5) is 12.6. The Bertz CT molecular complexity index is 758. The van der Waals surface area contributed by atoms with Crippen LogP contribution in [0.25, 0.3) is 10.9 Å². The Labute approximate surface area is 108 Å². The van der Waals surface area contributed by atoms with Gasteiger partial charge in [0.15, 0.2) is 5.82 Å². The van der Waals surface area contributed by atoms with Crippen LogP contribution in [0.15, 0.2) is 30.5 Å². The van der Waals surface area contributed by atoms with Gasteiger partial charge in [-0.1, -0.05) is 12.1 Å². The van der Waals surface area contributed by atoms with Gasteiger partial charge in [-0.15, -0.1) is 10.2 Å². The highest BCUT2D eigenvalue weighted by atomic mass is 16.4. The van der Waals surface area contributed by atoms with E-state index in [0.717, 1.165) is 5.39 Å². The van der Waals surface area contributed by atoms with Crippen molar-refractivity contribution in [2.24, 2.45) is 7.05 Å². The molecule has 0 aliphatic carbocycles. The fraction of sp³-hybridized carbons (Fsp3) is 0.167. The van der Waals surface area contributed by atoms with Crippen molar-refractivity contribution in [3.63, 3.8) is 0 Å². The molecule has 0 aliphatic rings. The number of carbonyl (C=O) groups is 1. The fourth-order valence-corrected chi connectivity index (χ4v) is 2.10. The van der Waals surface area contributed by atoms with E-state index in [0.29, 0.717) is 17.9 Å². The first-order chi connectivity index (χ1) is 9.15. The number of tetrazole rings is 1. The number of aromatic nitrogens is 5. The molecule has 0 saturated carbocycles. The van der Waals surface area contributed by atoms with Crippen molar-refractivity contribution < 1.29 is 9.90 Å². The van der Waals surface area contributed by atoms with Gasteiger partial charge in [-0.3, -0.25) is 0 Å². The molecular formula is C12H11N5O2. The Morgan fingerprint density at radius 3 is 2.89 bits per heavy atom. The van der Waals surface area contributed by atoms with E-state index < -0.39 is 5.97 Å². The molecule has 0 unspecified atom stereocenters. The first kappa shape index (κ1) is 11.4. The molecule has 7 heteroatoms. The normalized spacial score (nSPS) is 11.0. The van der Waals surface area contributed by atoms with Crippen molar-refractivity contribution in [2.45, 2.75) is 6.54 Å². The van der Waals surface area contributed by atoms with Crippen LogP contribution >= 0.6 is 0 Å². The van der Waals surface area contributed by atoms with Gasteiger partial charge in [0.2, 0.25) is 0 Å². The average molecular weight is 257 g/mol. The third kappa shape index (κ3) is 1.95. The SMILES string of the molecule is Cn1nnc(Cn2ccc3cccc(C(=O)O)c32)n1. The number of hydrogen-bond acceptors (Lipinski definition) is 4. The molecule has 7 nitrogen and oxygen atoms in total. The molecule has 0 saturated heterocycles. The zero-order valence-corrected chi connectivity index (χ0v) is 10.2. The smallest absolute Gasteiger partial charge is 0.337 e. The molecule has 1 N–H and O–H groups in total. The second-order valence-electron chi connectivity index (χ2n) is 4.19. The van der Waals surface area contributed by atoms with Gasteiger partial charge in [0.1, 0.15) is 0 Å². The van der Waals surface area contributed by atoms with Crippen LogP contribution in [-0.2, 0) is 13.6 Å². The standard InChI is InChI=1S/C12H11N5O2/c1-16-14-10(13-15-16)7-17-6-5-8-3-2-4-9(11(8)17)12(18)19/h2-6H,7H2,1H3,(H,18,19). The molecule has 2 heterocycles. The van der Waals surface area contributed by atoms with Gasteiger partial charge in [0, 0.05) is 11.6 Å². The zero-order valence-electron chi connectivity index (χ0n) is 10.2. The lowest BCUT2D eigenvalue weighted by Gasteiger charge is -2.04. The van der Waals surface area contributed by atoms with Crippen LogP contribution in [0.4, 0.5) is 0 Å². The highest BCUT2D eigenvalue weighted by Crippen LogP contribution is 2.21. The predicted molar refractivity (Wildman–Crippen MR) is 66.8 cm³/mol. The van der Waals surface area contributed by atoms with Gasteiger partial charge in [0.25, 0.3) is 0 Å². The Kier molecular flexibility index (Phi) is 2.52. The lowest BCUT2D eigenvalue weighted by atomic mass is 10.1. The van der Waals surface area contributed by atoms with E-state index in [-0.39, 0.29) is 5.56 Å². The maximum absolute atomic E-state index is 11.3. The van der Waals surface area contributed by atoms with Crippen LogP contribution < -0.4 is 0 Å². The van der Waals surface area contributed by atoms with Crippen molar-refractivity contribution in [1.29, 1.82) is 0 Å². The molecule has 0 bridgehead atoms. The fourth-order valence-electron chi connectivity index (χ4n) is 2.10. The molecule has 2 aromatic heterocycles. The van der Waals surface area contributed by atoms with Crippen LogP contribution in [0.1, 0.15) is 16.2 Å². The summed E-state index contributed by atoms with van der Waals surface area (Å²) in [6, 6.07) is 7.07. The number of aryl methyl sites for hydroxylation is 1. The van der Waals surface area contributed by atoms with E-state index in [2.05, 4.69) is 15.4 Å². The quantitative estimate of drug-likeness (QED) is 0.753. The molecule has 0 radical (unpaired) electrons. The van der Waals surface area contributed by atoms with Crippen LogP contribution in [0.3, 0.4) is 0 Å². The van der Waals surface area contributed by atoms with E-state index in [1.807, 2.05) is 22.9 Å². The lowest BCUT2D eigenvalue weighted by molar-refractivity contribution is 0.0698. The van der Waals surface area contributed by atoms with Crippen LogP contribution in [0, 0.1) is 0 Å². The molecule has 1 aromatic carbocycles. The van der Waals surface area contributed by atoms with Crippen molar-refractivity contribution in [2.75, 3.05) is 0 Å². The van der Waals surface area contributed by atoms with Crippen molar-refractivity contribution in [3.8, 4) is 0 Å². The van der Waals surface area contributed by atoms with Gasteiger partial charge < -0.3 is 9.67 Å². The number of carboxylic acids is 1. The highest BCUT2D eigenvalue weighted by Gasteiger charge is 2.13. The van der Waals surface area contributed by atoms with E-state index in [1.54, 1.807) is 19.2 Å². The minimum Gasteiger partial charge on any atom is -0.478 e. The van der Waals surface area contributed by atoms with Crippen molar-refractivity contribution in [1.82, 2.24) is 24.8 Å². The molecule has 3 rings (SSSR count). The Morgan fingerprint density at radius 2 is 2.21 bits per heavy atom. The zero-order chi connectivity index (χ0) is 13.4. The molecule has 0 fully saturated rings. The summed E-state index contributed by atoms with van der Waals surface area (Å²) in [6.07, 6.45) is 1.83. The summed E-state index contributed by atoms with van der Waals surface area (Å²) in [7, 11) is 1.69. The summed E-state index contributed by atoms with van der Waals surface area (Å²) in [5, 5.41) is 21.9. The van der Waals surface area contributed by atoms with E-state index >= 15 is 0 Å². The summed E-state index contributed by atoms with van der Waals surface area (Å²) < 4.78 is 1.82. The number of fused-ring (bicyclic) bond motifs is 1. The van der Waals surface area contributed by atoms with Gasteiger partial charge in [-0.05, 0) is 17.3 Å². The Morgan fingerprint density at radius 1 is 1.37 bits per heavy atom. The summed E-state index contributed by atoms with van der Waals surface area (Å²) in [5.74, 6) is -0.405. The number of para-hydroxylation sites is 1. The van der Waals surface area contributed by atoms with E-state index in [1.165, 1.54) is 4.80 Å². The summed E-state index contributed by atoms with van der Waals surface area (Å²) in [5.41, 5.74) is 0.939. The minimum absolute atomic E-state index is 0.270. The number of hydrogen-bond donors (Lipinski definition) is 1. The van der Waals surface area contributed by atoms with Gasteiger partial charge in [-0.25, -0.2) is 4.79 Å². The third-order valence-corrected chi connectivity index (χ3v) is 2.88. The van der Waals surface area contributed by atoms with Crippen LogP contribution in [0.2, 0.25) is 0 Å². The van der Waals surface area contributed by atoms with Gasteiger partial charge in [-0.2, -0.15) is 4.80 Å². The molecule has 0 amide bonds. The molecule has 0 aliphatic heterocycles. The first-order valence-corrected chi connectivity index (χ1v) is 5.69. The van der Waals surface area contributed by atoms with Crippen molar-refractivity contribution in [3.05, 3.63) is 41.9 Å². The second kappa shape index (κ2) is 4.20. The first-order valence-electron chi connectivity index (χ1n) is 5.69. The minimum atomic E-state index is -0.947. The van der Waals surface area contributed by atoms with Crippen molar-refractivity contribution >= 4 is 16.9 Å². The number of aromatic carboxylic acids is 1. The second-order valence-corrected chi connectivity index (χ2v) is 4.19. The number of carboxylic acid groups (broad SMARTS) is 1. The van der Waals surface area contributed by atoms with Crippen LogP contribution in [0.5, 0.6) is 0 Å². The third-order valence-electron chi connectivity index (χ3n) is 2.88.